The number of hydrogen-bond donors (Lipinski definition) is 0. The fourth-order valence-corrected chi connectivity index (χ4v) is 6.74. The number of anilines is 3. The molecule has 5 rings (SSSR count). The van der Waals surface area contributed by atoms with Crippen molar-refractivity contribution in [1.82, 2.24) is 0 Å². The van der Waals surface area contributed by atoms with Gasteiger partial charge in [-0.05, 0) is 81.3 Å². The lowest BCUT2D eigenvalue weighted by Crippen LogP contribution is -2.24. The van der Waals surface area contributed by atoms with Crippen LogP contribution in [0.4, 0.5) is 17.1 Å². The lowest BCUT2D eigenvalue weighted by Gasteiger charge is -2.26. The smallest absolute Gasteiger partial charge is 0.155 e. The monoisotopic (exact) mass is 402 g/mol. The van der Waals surface area contributed by atoms with Crippen LogP contribution in [0.2, 0.25) is 0 Å². The second kappa shape index (κ2) is 7.46. The van der Waals surface area contributed by atoms with E-state index in [2.05, 4.69) is 91.5 Å². The minimum atomic E-state index is -0.123. The Morgan fingerprint density at radius 1 is 0.793 bits per heavy atom. The van der Waals surface area contributed by atoms with E-state index in [4.69, 9.17) is 4.74 Å². The summed E-state index contributed by atoms with van der Waals surface area (Å²) in [6.45, 7) is 4.31. The minimum Gasteiger partial charge on any atom is -0.487 e. The molecule has 2 heterocycles. The van der Waals surface area contributed by atoms with E-state index in [1.54, 1.807) is 0 Å². The third kappa shape index (κ3) is 3.76. The molecule has 0 aromatic heterocycles. The molecule has 148 valence electrons. The van der Waals surface area contributed by atoms with Gasteiger partial charge >= 0.3 is 0 Å². The molecule has 29 heavy (non-hydrogen) atoms. The van der Waals surface area contributed by atoms with Crippen LogP contribution in [0, 0.1) is 0 Å². The van der Waals surface area contributed by atoms with Crippen LogP contribution in [0.5, 0.6) is 5.75 Å². The van der Waals surface area contributed by atoms with Gasteiger partial charge in [0.15, 0.2) is 4.90 Å². The van der Waals surface area contributed by atoms with Crippen LogP contribution in [0.15, 0.2) is 77.7 Å². The first-order chi connectivity index (χ1) is 14.1. The molecule has 1 fully saturated rings. The first-order valence-corrected chi connectivity index (χ1v) is 12.1. The first-order valence-electron chi connectivity index (χ1n) is 10.5. The maximum absolute atomic E-state index is 6.10. The highest BCUT2D eigenvalue weighted by Gasteiger charge is 2.31. The Bertz CT molecular complexity index is 991. The van der Waals surface area contributed by atoms with Gasteiger partial charge in [-0.2, -0.15) is 0 Å². The zero-order chi connectivity index (χ0) is 19.8. The SMILES string of the molecule is CC1(C)Cc2cc(N(c3ccccc3)c3ccc([S+]4CCCC4)cc3)ccc2O1. The van der Waals surface area contributed by atoms with Crippen molar-refractivity contribution >= 4 is 28.0 Å². The third-order valence-electron chi connectivity index (χ3n) is 5.78. The molecule has 3 heteroatoms. The summed E-state index contributed by atoms with van der Waals surface area (Å²) in [4.78, 5) is 3.87. The van der Waals surface area contributed by atoms with Crippen molar-refractivity contribution in [3.05, 3.63) is 78.4 Å². The summed E-state index contributed by atoms with van der Waals surface area (Å²) >= 11 is 0. The van der Waals surface area contributed by atoms with Crippen molar-refractivity contribution < 1.29 is 4.74 Å². The zero-order valence-corrected chi connectivity index (χ0v) is 18.0. The van der Waals surface area contributed by atoms with Crippen molar-refractivity contribution in [2.75, 3.05) is 16.4 Å². The van der Waals surface area contributed by atoms with Gasteiger partial charge in [0.25, 0.3) is 0 Å². The van der Waals surface area contributed by atoms with E-state index in [9.17, 15) is 0 Å². The van der Waals surface area contributed by atoms with Crippen LogP contribution in [0.25, 0.3) is 0 Å². The largest absolute Gasteiger partial charge is 0.487 e. The summed E-state index contributed by atoms with van der Waals surface area (Å²) in [6, 6.07) is 26.5. The summed E-state index contributed by atoms with van der Waals surface area (Å²) in [7, 11) is 0.455. The highest BCUT2D eigenvalue weighted by atomic mass is 32.2. The standard InChI is InChI=1S/C26H28NOS/c1-26(2)19-20-18-23(12-15-25(20)28-26)27(21-8-4-3-5-9-21)22-10-13-24(14-11-22)29-16-6-7-17-29/h3-5,8-15,18H,6-7,16-17,19H2,1-2H3/q+1. The summed E-state index contributed by atoms with van der Waals surface area (Å²) < 4.78 is 6.10. The number of nitrogens with zero attached hydrogens (tertiary/aromatic N) is 1. The van der Waals surface area contributed by atoms with E-state index >= 15 is 0 Å². The second-order valence-electron chi connectivity index (χ2n) is 8.60. The number of hydrogen-bond acceptors (Lipinski definition) is 2. The second-order valence-corrected chi connectivity index (χ2v) is 10.9. The highest BCUT2D eigenvalue weighted by Crippen LogP contribution is 2.41. The molecule has 1 saturated heterocycles. The molecular weight excluding hydrogens is 374 g/mol. The molecule has 3 aromatic rings. The first kappa shape index (κ1) is 18.6. The molecule has 0 saturated carbocycles. The Labute approximate surface area is 176 Å². The molecular formula is C26H28NOS+. The molecule has 3 aromatic carbocycles. The number of benzene rings is 3. The van der Waals surface area contributed by atoms with Crippen LogP contribution in [0.3, 0.4) is 0 Å². The molecule has 0 bridgehead atoms. The number of para-hydroxylation sites is 1. The van der Waals surface area contributed by atoms with Gasteiger partial charge in [0, 0.05) is 39.9 Å². The van der Waals surface area contributed by atoms with Gasteiger partial charge in [0.2, 0.25) is 0 Å². The Hall–Kier alpha value is -2.39. The van der Waals surface area contributed by atoms with Crippen molar-refractivity contribution in [1.29, 1.82) is 0 Å². The molecule has 0 N–H and O–H groups in total. The van der Waals surface area contributed by atoms with Gasteiger partial charge in [-0.15, -0.1) is 0 Å². The summed E-state index contributed by atoms with van der Waals surface area (Å²) in [6.07, 6.45) is 3.71. The Balaban J connectivity index is 1.53. The predicted molar refractivity (Wildman–Crippen MR) is 124 cm³/mol. The maximum atomic E-state index is 6.10. The minimum absolute atomic E-state index is 0.123. The molecule has 0 unspecified atom stereocenters. The molecule has 0 radical (unpaired) electrons. The van der Waals surface area contributed by atoms with Gasteiger partial charge in [0.1, 0.15) is 22.9 Å². The molecule has 2 aliphatic heterocycles. The van der Waals surface area contributed by atoms with E-state index in [1.165, 1.54) is 51.9 Å². The quantitative estimate of drug-likeness (QED) is 0.454. The van der Waals surface area contributed by atoms with Gasteiger partial charge in [0.05, 0.1) is 0 Å². The molecule has 0 spiro atoms. The molecule has 0 aliphatic carbocycles. The van der Waals surface area contributed by atoms with Crippen LogP contribution in [-0.2, 0) is 17.3 Å². The maximum Gasteiger partial charge on any atom is 0.155 e. The summed E-state index contributed by atoms with van der Waals surface area (Å²) in [5.41, 5.74) is 4.75. The number of ether oxygens (including phenoxy) is 1. The number of fused-ring (bicyclic) bond motifs is 1. The van der Waals surface area contributed by atoms with Crippen LogP contribution in [0.1, 0.15) is 32.3 Å². The predicted octanol–water partition coefficient (Wildman–Crippen LogP) is 6.64. The molecule has 0 amide bonds. The zero-order valence-electron chi connectivity index (χ0n) is 17.2. The van der Waals surface area contributed by atoms with Gasteiger partial charge in [-0.1, -0.05) is 18.2 Å². The Kier molecular flexibility index (Phi) is 4.79. The van der Waals surface area contributed by atoms with E-state index < -0.39 is 0 Å². The summed E-state index contributed by atoms with van der Waals surface area (Å²) in [5, 5.41) is 0. The average Bonchev–Trinajstić information content (AvgIpc) is 3.36. The van der Waals surface area contributed by atoms with Gasteiger partial charge in [-0.25, -0.2) is 0 Å². The average molecular weight is 403 g/mol. The summed E-state index contributed by atoms with van der Waals surface area (Å²) in [5.74, 6) is 3.74. The molecule has 0 atom stereocenters. The lowest BCUT2D eigenvalue weighted by molar-refractivity contribution is 0.138. The van der Waals surface area contributed by atoms with E-state index in [0.717, 1.165) is 12.2 Å². The van der Waals surface area contributed by atoms with Crippen molar-refractivity contribution in [3.63, 3.8) is 0 Å². The molecule has 2 nitrogen and oxygen atoms in total. The topological polar surface area (TPSA) is 12.5 Å². The van der Waals surface area contributed by atoms with Crippen LogP contribution < -0.4 is 9.64 Å². The third-order valence-corrected chi connectivity index (χ3v) is 8.28. The highest BCUT2D eigenvalue weighted by molar-refractivity contribution is 7.97. The normalized spacial score (nSPS) is 17.7. The van der Waals surface area contributed by atoms with Crippen LogP contribution >= 0.6 is 0 Å². The van der Waals surface area contributed by atoms with Crippen molar-refractivity contribution in [3.8, 4) is 5.75 Å². The Morgan fingerprint density at radius 2 is 1.45 bits per heavy atom. The Morgan fingerprint density at radius 3 is 2.17 bits per heavy atom. The van der Waals surface area contributed by atoms with E-state index in [1.807, 2.05) is 0 Å². The van der Waals surface area contributed by atoms with Crippen molar-refractivity contribution in [2.24, 2.45) is 0 Å². The van der Waals surface area contributed by atoms with E-state index in [0.29, 0.717) is 10.9 Å². The number of rotatable bonds is 4. The lowest BCUT2D eigenvalue weighted by atomic mass is 10.0. The fourth-order valence-electron chi connectivity index (χ4n) is 4.44. The van der Waals surface area contributed by atoms with Gasteiger partial charge in [-0.3, -0.25) is 0 Å². The van der Waals surface area contributed by atoms with E-state index in [-0.39, 0.29) is 5.60 Å². The van der Waals surface area contributed by atoms with Gasteiger partial charge < -0.3 is 9.64 Å². The van der Waals surface area contributed by atoms with Crippen molar-refractivity contribution in [2.45, 2.75) is 43.6 Å². The van der Waals surface area contributed by atoms with Crippen LogP contribution in [-0.4, -0.2) is 17.1 Å². The fraction of sp³-hybridized carbons (Fsp3) is 0.308. The molecule has 2 aliphatic rings.